The number of aromatic nitrogens is 3. The molecule has 1 aliphatic rings. The van der Waals surface area contributed by atoms with Crippen LogP contribution in [0.4, 0.5) is 0 Å². The van der Waals surface area contributed by atoms with Gasteiger partial charge in [0.1, 0.15) is 17.3 Å². The van der Waals surface area contributed by atoms with E-state index in [2.05, 4.69) is 31.0 Å². The van der Waals surface area contributed by atoms with Gasteiger partial charge < -0.3 is 24.1 Å². The lowest BCUT2D eigenvalue weighted by molar-refractivity contribution is -0.122. The average molecular weight is 432 g/mol. The van der Waals surface area contributed by atoms with Crippen molar-refractivity contribution in [1.29, 1.82) is 0 Å². The number of rotatable bonds is 9. The predicted molar refractivity (Wildman–Crippen MR) is 116 cm³/mol. The minimum absolute atomic E-state index is 0.0519. The molecule has 1 amide bonds. The van der Waals surface area contributed by atoms with E-state index in [4.69, 9.17) is 14.2 Å². The Bertz CT molecular complexity index is 898. The molecule has 0 saturated heterocycles. The van der Waals surface area contributed by atoms with Gasteiger partial charge in [-0.2, -0.15) is 0 Å². The highest BCUT2D eigenvalue weighted by Gasteiger charge is 2.23. The number of amides is 1. The maximum Gasteiger partial charge on any atom is 0.222 e. The molecule has 2 aromatic rings. The van der Waals surface area contributed by atoms with Gasteiger partial charge in [-0.05, 0) is 19.9 Å². The van der Waals surface area contributed by atoms with Crippen LogP contribution in [0.15, 0.2) is 12.1 Å². The summed E-state index contributed by atoms with van der Waals surface area (Å²) in [5.74, 6) is 3.39. The zero-order valence-corrected chi connectivity index (χ0v) is 19.1. The van der Waals surface area contributed by atoms with Gasteiger partial charge in [-0.15, -0.1) is 10.2 Å². The molecule has 3 rings (SSSR count). The van der Waals surface area contributed by atoms with E-state index in [1.807, 2.05) is 19.9 Å². The van der Waals surface area contributed by atoms with Crippen LogP contribution in [0.5, 0.6) is 11.5 Å². The molecule has 0 fully saturated rings. The van der Waals surface area contributed by atoms with Crippen molar-refractivity contribution in [3.05, 3.63) is 34.9 Å². The first-order chi connectivity index (χ1) is 15.0. The van der Waals surface area contributed by atoms with Crippen molar-refractivity contribution in [2.45, 2.75) is 45.8 Å². The lowest BCUT2D eigenvalue weighted by Gasteiger charge is -2.22. The molecule has 2 heterocycles. The molecule has 1 atom stereocenters. The second-order valence-corrected chi connectivity index (χ2v) is 7.77. The average Bonchev–Trinajstić information content (AvgIpc) is 3.07. The minimum Gasteiger partial charge on any atom is -0.496 e. The van der Waals surface area contributed by atoms with Crippen LogP contribution in [0, 0.1) is 6.92 Å². The van der Waals surface area contributed by atoms with Crippen molar-refractivity contribution < 1.29 is 19.0 Å². The summed E-state index contributed by atoms with van der Waals surface area (Å²) in [7, 11) is 4.96. The van der Waals surface area contributed by atoms with Crippen LogP contribution < -0.4 is 14.8 Å². The number of carbonyl (C=O) groups is 1. The van der Waals surface area contributed by atoms with Crippen molar-refractivity contribution in [1.82, 2.24) is 25.0 Å². The molecule has 0 saturated carbocycles. The van der Waals surface area contributed by atoms with E-state index in [-0.39, 0.29) is 11.9 Å². The van der Waals surface area contributed by atoms with Crippen molar-refractivity contribution >= 4 is 5.91 Å². The zero-order valence-electron chi connectivity index (χ0n) is 19.1. The second kappa shape index (κ2) is 10.6. The highest BCUT2D eigenvalue weighted by Crippen LogP contribution is 2.32. The van der Waals surface area contributed by atoms with Gasteiger partial charge in [0, 0.05) is 57.3 Å². The molecule has 9 nitrogen and oxygen atoms in total. The highest BCUT2D eigenvalue weighted by molar-refractivity contribution is 5.76. The zero-order chi connectivity index (χ0) is 22.4. The first-order valence-corrected chi connectivity index (χ1v) is 10.6. The Labute approximate surface area is 183 Å². The van der Waals surface area contributed by atoms with Crippen LogP contribution in [0.3, 0.4) is 0 Å². The third-order valence-electron chi connectivity index (χ3n) is 5.70. The largest absolute Gasteiger partial charge is 0.496 e. The lowest BCUT2D eigenvalue weighted by atomic mass is 10.1. The van der Waals surface area contributed by atoms with Crippen LogP contribution in [-0.2, 0) is 29.0 Å². The Morgan fingerprint density at radius 1 is 1.16 bits per heavy atom. The van der Waals surface area contributed by atoms with Crippen molar-refractivity contribution in [3.8, 4) is 11.5 Å². The summed E-state index contributed by atoms with van der Waals surface area (Å²) in [4.78, 5) is 14.4. The van der Waals surface area contributed by atoms with Gasteiger partial charge in [0.25, 0.3) is 0 Å². The summed E-state index contributed by atoms with van der Waals surface area (Å²) in [5.41, 5.74) is 2.15. The molecule has 9 heteroatoms. The van der Waals surface area contributed by atoms with E-state index in [0.717, 1.165) is 66.9 Å². The molecule has 0 spiro atoms. The number of nitrogens with one attached hydrogen (secondary N) is 1. The highest BCUT2D eigenvalue weighted by atomic mass is 16.5. The number of benzene rings is 1. The van der Waals surface area contributed by atoms with Crippen LogP contribution in [0.25, 0.3) is 0 Å². The molecule has 1 aromatic carbocycles. The predicted octanol–water partition coefficient (Wildman–Crippen LogP) is 1.88. The Balaban J connectivity index is 1.67. The fourth-order valence-corrected chi connectivity index (χ4v) is 4.04. The number of nitrogens with zero attached hydrogens (tertiary/aromatic N) is 4. The smallest absolute Gasteiger partial charge is 0.222 e. The topological polar surface area (TPSA) is 90.7 Å². The number of carbonyl (C=O) groups excluding carboxylic acids is 1. The summed E-state index contributed by atoms with van der Waals surface area (Å²) in [6.07, 6.45) is 1.13. The third kappa shape index (κ3) is 5.34. The van der Waals surface area contributed by atoms with Crippen molar-refractivity contribution in [3.63, 3.8) is 0 Å². The summed E-state index contributed by atoms with van der Waals surface area (Å²) in [5, 5.41) is 11.7. The molecule has 0 bridgehead atoms. The van der Waals surface area contributed by atoms with Crippen molar-refractivity contribution in [2.24, 2.45) is 0 Å². The van der Waals surface area contributed by atoms with Gasteiger partial charge in [-0.25, -0.2) is 0 Å². The molecule has 0 radical (unpaired) electrons. The molecule has 1 unspecified atom stereocenters. The maximum absolute atomic E-state index is 12.1. The van der Waals surface area contributed by atoms with E-state index >= 15 is 0 Å². The first-order valence-electron chi connectivity index (χ1n) is 10.6. The molecule has 0 aliphatic carbocycles. The van der Waals surface area contributed by atoms with Gasteiger partial charge in [0.05, 0.1) is 26.9 Å². The standard InChI is InChI=1S/C22H33N5O4/c1-15-18(30-4)7-6-17(21(15)31-5)14-26-10-8-19-24-25-22(27(19)12-11-26)16(2)23-20(28)9-13-29-3/h6-7,16H,8-14H2,1-5H3,(H,23,28). The molecular formula is C22H33N5O4. The number of methoxy groups -OCH3 is 3. The molecule has 1 N–H and O–H groups in total. The Kier molecular flexibility index (Phi) is 7.86. The molecule has 170 valence electrons. The summed E-state index contributed by atoms with van der Waals surface area (Å²) in [6, 6.07) is 3.85. The van der Waals surface area contributed by atoms with Crippen LogP contribution >= 0.6 is 0 Å². The van der Waals surface area contributed by atoms with E-state index in [1.165, 1.54) is 0 Å². The Hall–Kier alpha value is -2.65. The maximum atomic E-state index is 12.1. The third-order valence-corrected chi connectivity index (χ3v) is 5.70. The summed E-state index contributed by atoms with van der Waals surface area (Å²) in [6.45, 7) is 7.64. The molecule has 1 aromatic heterocycles. The van der Waals surface area contributed by atoms with Gasteiger partial charge in [0.15, 0.2) is 5.82 Å². The first kappa shape index (κ1) is 23.0. The minimum atomic E-state index is -0.207. The quantitative estimate of drug-likeness (QED) is 0.648. The van der Waals surface area contributed by atoms with E-state index in [0.29, 0.717) is 13.0 Å². The van der Waals surface area contributed by atoms with Crippen LogP contribution in [-0.4, -0.2) is 66.6 Å². The van der Waals surface area contributed by atoms with E-state index in [9.17, 15) is 4.79 Å². The fraction of sp³-hybridized carbons (Fsp3) is 0.591. The molecule has 31 heavy (non-hydrogen) atoms. The number of hydrogen-bond acceptors (Lipinski definition) is 7. The SMILES string of the molecule is COCCC(=O)NC(C)c1nnc2n1CCN(Cc1ccc(OC)c(C)c1OC)CC2. The van der Waals surface area contributed by atoms with E-state index in [1.54, 1.807) is 21.3 Å². The number of fused-ring (bicyclic) bond motifs is 1. The van der Waals surface area contributed by atoms with Crippen LogP contribution in [0.2, 0.25) is 0 Å². The Morgan fingerprint density at radius 3 is 2.68 bits per heavy atom. The second-order valence-electron chi connectivity index (χ2n) is 7.77. The van der Waals surface area contributed by atoms with E-state index < -0.39 is 0 Å². The molecule has 1 aliphatic heterocycles. The summed E-state index contributed by atoms with van der Waals surface area (Å²) < 4.78 is 18.2. The Morgan fingerprint density at radius 2 is 1.97 bits per heavy atom. The lowest BCUT2D eigenvalue weighted by Crippen LogP contribution is -2.30. The number of ether oxygens (including phenoxy) is 3. The van der Waals surface area contributed by atoms with Gasteiger partial charge in [0.2, 0.25) is 5.91 Å². The number of hydrogen-bond donors (Lipinski definition) is 1. The van der Waals surface area contributed by atoms with Crippen LogP contribution in [0.1, 0.15) is 42.2 Å². The van der Waals surface area contributed by atoms with Crippen molar-refractivity contribution in [2.75, 3.05) is 41.0 Å². The van der Waals surface area contributed by atoms with Gasteiger partial charge in [-0.3, -0.25) is 9.69 Å². The fourth-order valence-electron chi connectivity index (χ4n) is 4.04. The summed E-state index contributed by atoms with van der Waals surface area (Å²) >= 11 is 0. The molecular weight excluding hydrogens is 398 g/mol. The normalized spacial score (nSPS) is 15.1. The van der Waals surface area contributed by atoms with Gasteiger partial charge >= 0.3 is 0 Å². The monoisotopic (exact) mass is 431 g/mol. The van der Waals surface area contributed by atoms with Gasteiger partial charge in [-0.1, -0.05) is 6.07 Å².